The highest BCUT2D eigenvalue weighted by atomic mass is 19.1. The molecule has 0 heterocycles. The first-order valence-electron chi connectivity index (χ1n) is 7.75. The molecule has 2 aromatic rings. The van der Waals surface area contributed by atoms with Crippen LogP contribution in [0.4, 0.5) is 4.39 Å². The molecule has 2 aromatic carbocycles. The van der Waals surface area contributed by atoms with E-state index < -0.39 is 0 Å². The maximum absolute atomic E-state index is 13.0. The Hall–Kier alpha value is -1.87. The Morgan fingerprint density at radius 3 is 2.27 bits per heavy atom. The minimum absolute atomic E-state index is 0.210. The van der Waals surface area contributed by atoms with E-state index in [1.54, 1.807) is 0 Å². The molecule has 0 fully saturated rings. The largest absolute Gasteiger partial charge is 0.494 e. The summed E-state index contributed by atoms with van der Waals surface area (Å²) < 4.78 is 18.8. The second-order valence-corrected chi connectivity index (χ2v) is 5.80. The van der Waals surface area contributed by atoms with E-state index in [1.807, 2.05) is 24.3 Å². The maximum Gasteiger partial charge on any atom is 0.123 e. The summed E-state index contributed by atoms with van der Waals surface area (Å²) in [6.07, 6.45) is 1.86. The Bertz CT molecular complexity index is 575. The fraction of sp³-hybridized carbons (Fsp3) is 0.368. The van der Waals surface area contributed by atoms with Crippen LogP contribution in [0.25, 0.3) is 0 Å². The first-order valence-corrected chi connectivity index (χ1v) is 7.75. The zero-order chi connectivity index (χ0) is 15.9. The quantitative estimate of drug-likeness (QED) is 0.772. The lowest BCUT2D eigenvalue weighted by molar-refractivity contribution is 0.301. The molecule has 0 aromatic heterocycles. The molecular weight excluding hydrogens is 277 g/mol. The first-order chi connectivity index (χ1) is 10.6. The topological polar surface area (TPSA) is 35.2 Å². The normalized spacial score (nSPS) is 12.2. The molecule has 1 unspecified atom stereocenters. The van der Waals surface area contributed by atoms with E-state index in [2.05, 4.69) is 19.9 Å². The zero-order valence-electron chi connectivity index (χ0n) is 13.3. The van der Waals surface area contributed by atoms with E-state index in [0.717, 1.165) is 24.2 Å². The van der Waals surface area contributed by atoms with Crippen LogP contribution in [0.3, 0.4) is 0 Å². The molecule has 3 heteroatoms. The van der Waals surface area contributed by atoms with Crippen molar-refractivity contribution in [3.63, 3.8) is 0 Å². The van der Waals surface area contributed by atoms with E-state index >= 15 is 0 Å². The van der Waals surface area contributed by atoms with Crippen LogP contribution in [0.5, 0.6) is 5.75 Å². The molecule has 0 aliphatic heterocycles. The fourth-order valence-electron chi connectivity index (χ4n) is 2.69. The highest BCUT2D eigenvalue weighted by Crippen LogP contribution is 2.21. The number of benzene rings is 2. The van der Waals surface area contributed by atoms with E-state index in [0.29, 0.717) is 13.2 Å². The van der Waals surface area contributed by atoms with Crippen LogP contribution >= 0.6 is 0 Å². The van der Waals surface area contributed by atoms with Crippen LogP contribution in [0.2, 0.25) is 0 Å². The molecule has 0 aliphatic carbocycles. The molecule has 0 saturated heterocycles. The van der Waals surface area contributed by atoms with Gasteiger partial charge in [-0.1, -0.05) is 18.2 Å². The van der Waals surface area contributed by atoms with Crippen molar-refractivity contribution < 1.29 is 9.13 Å². The molecule has 2 nitrogen and oxygen atoms in total. The summed E-state index contributed by atoms with van der Waals surface area (Å²) in [6.45, 7) is 5.37. The number of hydrogen-bond donors (Lipinski definition) is 1. The lowest BCUT2D eigenvalue weighted by atomic mass is 9.94. The minimum atomic E-state index is -0.210. The number of ether oxygens (including phenoxy) is 1. The third kappa shape index (κ3) is 4.85. The van der Waals surface area contributed by atoms with Gasteiger partial charge in [0.15, 0.2) is 0 Å². The van der Waals surface area contributed by atoms with Gasteiger partial charge in [0.25, 0.3) is 0 Å². The second kappa shape index (κ2) is 7.95. The Balaban J connectivity index is 1.82. The zero-order valence-corrected chi connectivity index (χ0v) is 13.3. The Morgan fingerprint density at radius 1 is 1.05 bits per heavy atom. The summed E-state index contributed by atoms with van der Waals surface area (Å²) in [4.78, 5) is 0. The predicted octanol–water partition coefficient (Wildman–Crippen LogP) is 4.34. The molecule has 1 atom stereocenters. The maximum atomic E-state index is 13.0. The van der Waals surface area contributed by atoms with Gasteiger partial charge in [-0.05, 0) is 80.1 Å². The number of halogens is 1. The monoisotopic (exact) mass is 301 g/mol. The third-order valence-electron chi connectivity index (χ3n) is 3.79. The SMILES string of the molecule is Cc1cc(C)cc(OCCCC(CN)c2ccc(F)cc2)c1. The van der Waals surface area contributed by atoms with Gasteiger partial charge < -0.3 is 10.5 Å². The summed E-state index contributed by atoms with van der Waals surface area (Å²) >= 11 is 0. The van der Waals surface area contributed by atoms with Crippen molar-refractivity contribution in [1.82, 2.24) is 0 Å². The highest BCUT2D eigenvalue weighted by molar-refractivity contribution is 5.33. The molecule has 0 aliphatic rings. The lowest BCUT2D eigenvalue weighted by Gasteiger charge is -2.15. The summed E-state index contributed by atoms with van der Waals surface area (Å²) in [6, 6.07) is 12.8. The van der Waals surface area contributed by atoms with Crippen molar-refractivity contribution in [3.05, 3.63) is 65.0 Å². The van der Waals surface area contributed by atoms with Crippen LogP contribution in [-0.2, 0) is 0 Å². The Kier molecular flexibility index (Phi) is 5.96. The van der Waals surface area contributed by atoms with Crippen molar-refractivity contribution in [1.29, 1.82) is 0 Å². The van der Waals surface area contributed by atoms with Crippen molar-refractivity contribution in [2.75, 3.05) is 13.2 Å². The van der Waals surface area contributed by atoms with Gasteiger partial charge in [-0.2, -0.15) is 0 Å². The lowest BCUT2D eigenvalue weighted by Crippen LogP contribution is -2.13. The van der Waals surface area contributed by atoms with Crippen molar-refractivity contribution in [2.45, 2.75) is 32.6 Å². The molecule has 22 heavy (non-hydrogen) atoms. The van der Waals surface area contributed by atoms with E-state index in [9.17, 15) is 4.39 Å². The fourth-order valence-corrected chi connectivity index (χ4v) is 2.69. The van der Waals surface area contributed by atoms with Gasteiger partial charge in [0.05, 0.1) is 6.61 Å². The average molecular weight is 301 g/mol. The van der Waals surface area contributed by atoms with Crippen LogP contribution < -0.4 is 10.5 Å². The molecule has 2 rings (SSSR count). The van der Waals surface area contributed by atoms with Gasteiger partial charge in [-0.25, -0.2) is 4.39 Å². The summed E-state index contributed by atoms with van der Waals surface area (Å²) in [7, 11) is 0. The average Bonchev–Trinajstić information content (AvgIpc) is 2.48. The van der Waals surface area contributed by atoms with Gasteiger partial charge in [0.2, 0.25) is 0 Å². The molecular formula is C19H24FNO. The number of nitrogens with two attached hydrogens (primary N) is 1. The second-order valence-electron chi connectivity index (χ2n) is 5.80. The minimum Gasteiger partial charge on any atom is -0.494 e. The van der Waals surface area contributed by atoms with E-state index in [-0.39, 0.29) is 11.7 Å². The van der Waals surface area contributed by atoms with Crippen molar-refractivity contribution in [3.8, 4) is 5.75 Å². The van der Waals surface area contributed by atoms with Crippen molar-refractivity contribution >= 4 is 0 Å². The number of rotatable bonds is 7. The van der Waals surface area contributed by atoms with Crippen LogP contribution in [-0.4, -0.2) is 13.2 Å². The van der Waals surface area contributed by atoms with Crippen LogP contribution in [0.1, 0.15) is 35.4 Å². The van der Waals surface area contributed by atoms with Crippen LogP contribution in [0.15, 0.2) is 42.5 Å². The standard InChI is InChI=1S/C19H24FNO/c1-14-10-15(2)12-19(11-14)22-9-3-4-17(13-21)16-5-7-18(20)8-6-16/h5-8,10-12,17H,3-4,9,13,21H2,1-2H3. The smallest absolute Gasteiger partial charge is 0.123 e. The summed E-state index contributed by atoms with van der Waals surface area (Å²) in [5.74, 6) is 0.963. The van der Waals surface area contributed by atoms with Gasteiger partial charge >= 0.3 is 0 Å². The molecule has 0 amide bonds. The van der Waals surface area contributed by atoms with Gasteiger partial charge in [-0.15, -0.1) is 0 Å². The van der Waals surface area contributed by atoms with Crippen LogP contribution in [0, 0.1) is 19.7 Å². The van der Waals surface area contributed by atoms with Gasteiger partial charge in [-0.3, -0.25) is 0 Å². The van der Waals surface area contributed by atoms with Gasteiger partial charge in [0.1, 0.15) is 11.6 Å². The molecule has 0 bridgehead atoms. The summed E-state index contributed by atoms with van der Waals surface area (Å²) in [5, 5.41) is 0. The van der Waals surface area contributed by atoms with E-state index in [1.165, 1.54) is 23.3 Å². The van der Waals surface area contributed by atoms with Crippen molar-refractivity contribution in [2.24, 2.45) is 5.73 Å². The molecule has 2 N–H and O–H groups in total. The number of hydrogen-bond acceptors (Lipinski definition) is 2. The first kappa shape index (κ1) is 16.5. The van der Waals surface area contributed by atoms with E-state index in [4.69, 9.17) is 10.5 Å². The summed E-state index contributed by atoms with van der Waals surface area (Å²) in [5.41, 5.74) is 9.35. The molecule has 118 valence electrons. The number of aryl methyl sites for hydroxylation is 2. The highest BCUT2D eigenvalue weighted by Gasteiger charge is 2.09. The predicted molar refractivity (Wildman–Crippen MR) is 88.8 cm³/mol. The molecule has 0 spiro atoms. The molecule has 0 radical (unpaired) electrons. The third-order valence-corrected chi connectivity index (χ3v) is 3.79. The van der Waals surface area contributed by atoms with Gasteiger partial charge in [0, 0.05) is 0 Å². The molecule has 0 saturated carbocycles. The Labute approximate surface area is 132 Å². The Morgan fingerprint density at radius 2 is 1.68 bits per heavy atom.